The molecule has 0 aromatic carbocycles. The van der Waals surface area contributed by atoms with Crippen molar-refractivity contribution in [2.75, 3.05) is 13.1 Å². The molecule has 1 saturated heterocycles. The number of aliphatic carboxylic acids is 1. The molecule has 3 N–H and O–H groups in total. The lowest BCUT2D eigenvalue weighted by molar-refractivity contribution is -0.149. The molecular weight excluding hydrogens is 248 g/mol. The highest BCUT2D eigenvalue weighted by molar-refractivity contribution is 5.78. The Morgan fingerprint density at radius 3 is 2.53 bits per heavy atom. The molecule has 108 valence electrons. The highest BCUT2D eigenvalue weighted by atomic mass is 16.5. The summed E-state index contributed by atoms with van der Waals surface area (Å²) in [5, 5.41) is 14.8. The first kappa shape index (κ1) is 14.3. The number of carbonyl (C=O) groups is 2. The van der Waals surface area contributed by atoms with Crippen LogP contribution in [0.2, 0.25) is 0 Å². The zero-order valence-corrected chi connectivity index (χ0v) is 11.1. The quantitative estimate of drug-likeness (QED) is 0.644. The molecule has 0 aromatic heterocycles. The second kappa shape index (κ2) is 6.86. The zero-order valence-electron chi connectivity index (χ0n) is 11.1. The molecule has 2 unspecified atom stereocenters. The second-order valence-electron chi connectivity index (χ2n) is 5.33. The Balaban J connectivity index is 1.57. The van der Waals surface area contributed by atoms with Crippen LogP contribution in [0, 0.1) is 0 Å². The Bertz CT molecular complexity index is 329. The van der Waals surface area contributed by atoms with Crippen LogP contribution in [0.4, 0.5) is 0 Å². The molecule has 1 amide bonds. The smallest absolute Gasteiger partial charge is 0.332 e. The topological polar surface area (TPSA) is 87.7 Å². The Labute approximate surface area is 112 Å². The van der Waals surface area contributed by atoms with E-state index in [1.807, 2.05) is 0 Å². The lowest BCUT2D eigenvalue weighted by Crippen LogP contribution is -2.41. The molecule has 0 spiro atoms. The maximum Gasteiger partial charge on any atom is 0.332 e. The largest absolute Gasteiger partial charge is 0.479 e. The summed E-state index contributed by atoms with van der Waals surface area (Å²) in [6.07, 6.45) is 5.12. The van der Waals surface area contributed by atoms with Crippen LogP contribution in [0.15, 0.2) is 0 Å². The lowest BCUT2D eigenvalue weighted by atomic mass is 10.2. The van der Waals surface area contributed by atoms with E-state index in [9.17, 15) is 9.59 Å². The highest BCUT2D eigenvalue weighted by Crippen LogP contribution is 2.19. The van der Waals surface area contributed by atoms with Gasteiger partial charge in [0.25, 0.3) is 0 Å². The monoisotopic (exact) mass is 270 g/mol. The lowest BCUT2D eigenvalue weighted by Gasteiger charge is -2.14. The van der Waals surface area contributed by atoms with Gasteiger partial charge >= 0.3 is 5.97 Å². The molecule has 1 aliphatic heterocycles. The van der Waals surface area contributed by atoms with Gasteiger partial charge in [-0.1, -0.05) is 12.8 Å². The van der Waals surface area contributed by atoms with E-state index in [0.29, 0.717) is 32.0 Å². The fourth-order valence-corrected chi connectivity index (χ4v) is 2.69. The van der Waals surface area contributed by atoms with Crippen molar-refractivity contribution in [2.45, 2.75) is 56.8 Å². The first-order valence-corrected chi connectivity index (χ1v) is 7.03. The Morgan fingerprint density at radius 2 is 1.89 bits per heavy atom. The van der Waals surface area contributed by atoms with E-state index in [1.165, 1.54) is 12.8 Å². The number of rotatable bonds is 6. The molecular formula is C13H22N2O4. The van der Waals surface area contributed by atoms with E-state index in [0.717, 1.165) is 12.8 Å². The summed E-state index contributed by atoms with van der Waals surface area (Å²) < 4.78 is 5.32. The van der Waals surface area contributed by atoms with Crippen LogP contribution in [-0.2, 0) is 14.3 Å². The average Bonchev–Trinajstić information content (AvgIpc) is 3.05. The van der Waals surface area contributed by atoms with Crippen molar-refractivity contribution >= 4 is 11.9 Å². The maximum absolute atomic E-state index is 11.6. The van der Waals surface area contributed by atoms with Crippen LogP contribution in [0.1, 0.15) is 38.5 Å². The average molecular weight is 270 g/mol. The molecule has 6 heteroatoms. The molecule has 1 saturated carbocycles. The van der Waals surface area contributed by atoms with Gasteiger partial charge in [0.1, 0.15) is 0 Å². The van der Waals surface area contributed by atoms with Gasteiger partial charge in [0.2, 0.25) is 5.91 Å². The van der Waals surface area contributed by atoms with Gasteiger partial charge in [0.05, 0.1) is 12.6 Å². The van der Waals surface area contributed by atoms with Gasteiger partial charge in [-0.25, -0.2) is 4.79 Å². The summed E-state index contributed by atoms with van der Waals surface area (Å²) in [6.45, 7) is 0.731. The third-order valence-corrected chi connectivity index (χ3v) is 3.82. The van der Waals surface area contributed by atoms with Crippen LogP contribution in [0.3, 0.4) is 0 Å². The standard InChI is InChI=1S/C13H22N2O4/c16-12(8-14-9-3-1-2-4-9)15-7-10-5-6-11(19-10)13(17)18/h9-11,14H,1-8H2,(H,15,16)(H,17,18). The van der Waals surface area contributed by atoms with E-state index in [2.05, 4.69) is 10.6 Å². The number of hydrogen-bond acceptors (Lipinski definition) is 4. The van der Waals surface area contributed by atoms with Gasteiger partial charge in [-0.2, -0.15) is 0 Å². The molecule has 0 bridgehead atoms. The molecule has 1 aliphatic carbocycles. The van der Waals surface area contributed by atoms with Crippen molar-refractivity contribution in [3.8, 4) is 0 Å². The summed E-state index contributed by atoms with van der Waals surface area (Å²) in [4.78, 5) is 22.3. The second-order valence-corrected chi connectivity index (χ2v) is 5.33. The summed E-state index contributed by atoms with van der Waals surface area (Å²) in [5.41, 5.74) is 0. The molecule has 1 heterocycles. The van der Waals surface area contributed by atoms with Crippen molar-refractivity contribution in [1.29, 1.82) is 0 Å². The van der Waals surface area contributed by atoms with Gasteiger partial charge in [0.15, 0.2) is 6.10 Å². The maximum atomic E-state index is 11.6. The van der Waals surface area contributed by atoms with Gasteiger partial charge in [-0.15, -0.1) is 0 Å². The predicted molar refractivity (Wildman–Crippen MR) is 68.8 cm³/mol. The minimum absolute atomic E-state index is 0.0470. The number of carboxylic acids is 1. The Morgan fingerprint density at radius 1 is 1.16 bits per heavy atom. The number of amides is 1. The number of hydrogen-bond donors (Lipinski definition) is 3. The fourth-order valence-electron chi connectivity index (χ4n) is 2.69. The SMILES string of the molecule is O=C(CNC1CCCC1)NCC1CCC(C(=O)O)O1. The van der Waals surface area contributed by atoms with Crippen molar-refractivity contribution < 1.29 is 19.4 Å². The summed E-state index contributed by atoms with van der Waals surface area (Å²) in [5.74, 6) is -0.967. The molecule has 2 rings (SSSR count). The highest BCUT2D eigenvalue weighted by Gasteiger charge is 2.30. The van der Waals surface area contributed by atoms with Crippen molar-refractivity contribution in [2.24, 2.45) is 0 Å². The molecule has 19 heavy (non-hydrogen) atoms. The summed E-state index contributed by atoms with van der Waals surface area (Å²) >= 11 is 0. The van der Waals surface area contributed by atoms with Crippen molar-refractivity contribution in [1.82, 2.24) is 10.6 Å². The van der Waals surface area contributed by atoms with Crippen LogP contribution >= 0.6 is 0 Å². The minimum Gasteiger partial charge on any atom is -0.479 e. The number of carboxylic acid groups (broad SMARTS) is 1. The first-order chi connectivity index (χ1) is 9.15. The molecule has 0 aromatic rings. The Kier molecular flexibility index (Phi) is 5.15. The Hall–Kier alpha value is -1.14. The van der Waals surface area contributed by atoms with Gasteiger partial charge < -0.3 is 20.5 Å². The minimum atomic E-state index is -0.920. The fraction of sp³-hybridized carbons (Fsp3) is 0.846. The molecule has 2 atom stereocenters. The third-order valence-electron chi connectivity index (χ3n) is 3.82. The molecule has 0 radical (unpaired) electrons. The normalized spacial score (nSPS) is 27.6. The van der Waals surface area contributed by atoms with Crippen LogP contribution in [-0.4, -0.2) is 48.3 Å². The number of nitrogens with one attached hydrogen (secondary N) is 2. The van der Waals surface area contributed by atoms with Gasteiger partial charge in [-0.05, 0) is 25.7 Å². The number of ether oxygens (including phenoxy) is 1. The predicted octanol–water partition coefficient (Wildman–Crippen LogP) is 0.267. The first-order valence-electron chi connectivity index (χ1n) is 7.03. The van der Waals surface area contributed by atoms with Crippen molar-refractivity contribution in [3.05, 3.63) is 0 Å². The number of carbonyl (C=O) groups excluding carboxylic acids is 1. The molecule has 6 nitrogen and oxygen atoms in total. The van der Waals surface area contributed by atoms with Crippen LogP contribution in [0.5, 0.6) is 0 Å². The van der Waals surface area contributed by atoms with Crippen molar-refractivity contribution in [3.63, 3.8) is 0 Å². The van der Waals surface area contributed by atoms with E-state index in [1.54, 1.807) is 0 Å². The van der Waals surface area contributed by atoms with E-state index in [4.69, 9.17) is 9.84 Å². The molecule has 2 fully saturated rings. The molecule has 2 aliphatic rings. The van der Waals surface area contributed by atoms with E-state index < -0.39 is 12.1 Å². The van der Waals surface area contributed by atoms with E-state index >= 15 is 0 Å². The summed E-state index contributed by atoms with van der Waals surface area (Å²) in [7, 11) is 0. The third kappa shape index (κ3) is 4.47. The summed E-state index contributed by atoms with van der Waals surface area (Å²) in [6, 6.07) is 0.477. The van der Waals surface area contributed by atoms with Gasteiger partial charge in [-0.3, -0.25) is 4.79 Å². The zero-order chi connectivity index (χ0) is 13.7. The van der Waals surface area contributed by atoms with Crippen LogP contribution in [0.25, 0.3) is 0 Å². The van der Waals surface area contributed by atoms with Crippen LogP contribution < -0.4 is 10.6 Å². The van der Waals surface area contributed by atoms with Gasteiger partial charge in [0, 0.05) is 12.6 Å². The van der Waals surface area contributed by atoms with E-state index in [-0.39, 0.29) is 12.0 Å².